The van der Waals surface area contributed by atoms with Gasteiger partial charge in [0.2, 0.25) is 0 Å². The molecular formula is C13H24N4O. The largest absolute Gasteiger partial charge is 0.391 e. The molecule has 0 saturated heterocycles. The lowest BCUT2D eigenvalue weighted by atomic mass is 10.3. The number of nitrogens with zero attached hydrogens (tertiary/aromatic N) is 2. The van der Waals surface area contributed by atoms with Gasteiger partial charge in [-0.15, -0.1) is 0 Å². The van der Waals surface area contributed by atoms with Crippen molar-refractivity contribution in [1.29, 1.82) is 0 Å². The van der Waals surface area contributed by atoms with E-state index in [1.165, 1.54) is 0 Å². The Labute approximate surface area is 109 Å². The number of nitrogens with one attached hydrogen (secondary N) is 2. The van der Waals surface area contributed by atoms with E-state index in [0.29, 0.717) is 6.54 Å². The van der Waals surface area contributed by atoms with Crippen molar-refractivity contribution < 1.29 is 5.11 Å². The molecule has 18 heavy (non-hydrogen) atoms. The first-order valence-electron chi connectivity index (χ1n) is 6.73. The first-order chi connectivity index (χ1) is 8.69. The third-order valence-electron chi connectivity index (χ3n) is 2.59. The van der Waals surface area contributed by atoms with Crippen LogP contribution >= 0.6 is 0 Å². The van der Waals surface area contributed by atoms with Crippen molar-refractivity contribution in [3.63, 3.8) is 0 Å². The topological polar surface area (TPSA) is 70.1 Å². The highest BCUT2D eigenvalue weighted by Gasteiger charge is 2.05. The van der Waals surface area contributed by atoms with Crippen molar-refractivity contribution >= 4 is 11.6 Å². The van der Waals surface area contributed by atoms with E-state index in [1.54, 1.807) is 0 Å². The van der Waals surface area contributed by atoms with Gasteiger partial charge in [-0.3, -0.25) is 0 Å². The van der Waals surface area contributed by atoms with Gasteiger partial charge in [-0.2, -0.15) is 0 Å². The van der Waals surface area contributed by atoms with E-state index in [-0.39, 0.29) is 6.10 Å². The summed E-state index contributed by atoms with van der Waals surface area (Å²) in [7, 11) is 0. The smallest absolute Gasteiger partial charge is 0.133 e. The second-order valence-corrected chi connectivity index (χ2v) is 4.28. The highest BCUT2D eigenvalue weighted by atomic mass is 16.3. The minimum absolute atomic E-state index is 0.336. The molecule has 3 N–H and O–H groups in total. The second-order valence-electron chi connectivity index (χ2n) is 4.28. The maximum atomic E-state index is 9.54. The summed E-state index contributed by atoms with van der Waals surface area (Å²) in [6.07, 6.45) is 2.29. The third kappa shape index (κ3) is 4.87. The molecule has 0 saturated carbocycles. The summed E-state index contributed by atoms with van der Waals surface area (Å²) in [6.45, 7) is 7.45. The summed E-state index contributed by atoms with van der Waals surface area (Å²) in [5, 5.41) is 15.9. The lowest BCUT2D eigenvalue weighted by molar-refractivity contribution is 0.183. The summed E-state index contributed by atoms with van der Waals surface area (Å²) < 4.78 is 0. The number of aryl methyl sites for hydroxylation is 1. The van der Waals surface area contributed by atoms with E-state index in [0.717, 1.165) is 43.3 Å². The molecule has 102 valence electrons. The van der Waals surface area contributed by atoms with E-state index in [4.69, 9.17) is 0 Å². The summed E-state index contributed by atoms with van der Waals surface area (Å²) in [5.41, 5.74) is 0. The molecule has 1 atom stereocenters. The number of aromatic nitrogens is 2. The Hall–Kier alpha value is -1.36. The summed E-state index contributed by atoms with van der Waals surface area (Å²) in [5.74, 6) is 2.45. The molecule has 0 aliphatic heterocycles. The quantitative estimate of drug-likeness (QED) is 0.660. The van der Waals surface area contributed by atoms with Crippen molar-refractivity contribution in [2.45, 2.75) is 46.1 Å². The van der Waals surface area contributed by atoms with Crippen molar-refractivity contribution in [1.82, 2.24) is 9.97 Å². The average molecular weight is 252 g/mol. The van der Waals surface area contributed by atoms with Gasteiger partial charge in [-0.25, -0.2) is 9.97 Å². The van der Waals surface area contributed by atoms with Crippen LogP contribution < -0.4 is 10.6 Å². The fraction of sp³-hybridized carbons (Fsp3) is 0.692. The predicted molar refractivity (Wildman–Crippen MR) is 75.0 cm³/mol. The van der Waals surface area contributed by atoms with Crippen molar-refractivity contribution in [2.75, 3.05) is 23.7 Å². The molecule has 1 aromatic rings. The van der Waals surface area contributed by atoms with Gasteiger partial charge in [0.1, 0.15) is 17.5 Å². The normalized spacial score (nSPS) is 12.2. The Bertz CT molecular complexity index is 333. The molecule has 5 heteroatoms. The van der Waals surface area contributed by atoms with Crippen LogP contribution in [0, 0.1) is 0 Å². The van der Waals surface area contributed by atoms with Gasteiger partial charge >= 0.3 is 0 Å². The number of hydrogen-bond donors (Lipinski definition) is 3. The molecule has 0 bridgehead atoms. The molecule has 0 aliphatic carbocycles. The first kappa shape index (κ1) is 14.7. The molecular weight excluding hydrogens is 228 g/mol. The van der Waals surface area contributed by atoms with Gasteiger partial charge in [0.25, 0.3) is 0 Å². The van der Waals surface area contributed by atoms with Gasteiger partial charge in [0, 0.05) is 25.6 Å². The SMILES string of the molecule is CCCc1nc(NCC)cc(NCC(O)CC)n1. The Morgan fingerprint density at radius 1 is 1.17 bits per heavy atom. The lowest BCUT2D eigenvalue weighted by Crippen LogP contribution is -2.19. The van der Waals surface area contributed by atoms with E-state index < -0.39 is 0 Å². The summed E-state index contributed by atoms with van der Waals surface area (Å²) in [6, 6.07) is 1.88. The van der Waals surface area contributed by atoms with Crippen LogP contribution in [0.1, 0.15) is 39.4 Å². The Morgan fingerprint density at radius 2 is 1.83 bits per heavy atom. The van der Waals surface area contributed by atoms with Gasteiger partial charge < -0.3 is 15.7 Å². The predicted octanol–water partition coefficient (Wildman–Crippen LogP) is 2.04. The number of aliphatic hydroxyl groups is 1. The molecule has 1 heterocycles. The van der Waals surface area contributed by atoms with Gasteiger partial charge in [-0.05, 0) is 19.8 Å². The molecule has 0 amide bonds. The zero-order chi connectivity index (χ0) is 13.4. The number of rotatable bonds is 8. The van der Waals surface area contributed by atoms with E-state index >= 15 is 0 Å². The van der Waals surface area contributed by atoms with Crippen LogP contribution in [-0.2, 0) is 6.42 Å². The fourth-order valence-electron chi connectivity index (χ4n) is 1.56. The van der Waals surface area contributed by atoms with E-state index in [1.807, 2.05) is 19.9 Å². The maximum absolute atomic E-state index is 9.54. The third-order valence-corrected chi connectivity index (χ3v) is 2.59. The van der Waals surface area contributed by atoms with Gasteiger partial charge in [-0.1, -0.05) is 13.8 Å². The molecule has 0 radical (unpaired) electrons. The van der Waals surface area contributed by atoms with Crippen LogP contribution in [0.4, 0.5) is 11.6 Å². The van der Waals surface area contributed by atoms with Crippen LogP contribution in [0.3, 0.4) is 0 Å². The molecule has 0 spiro atoms. The standard InChI is InChI=1S/C13H24N4O/c1-4-7-11-16-12(14-6-3)8-13(17-11)15-9-10(18)5-2/h8,10,18H,4-7,9H2,1-3H3,(H2,14,15,16,17). The second kappa shape index (κ2) is 7.87. The molecule has 1 aromatic heterocycles. The maximum Gasteiger partial charge on any atom is 0.133 e. The highest BCUT2D eigenvalue weighted by molar-refractivity contribution is 5.47. The lowest BCUT2D eigenvalue weighted by Gasteiger charge is -2.12. The van der Waals surface area contributed by atoms with Crippen molar-refractivity contribution in [2.24, 2.45) is 0 Å². The van der Waals surface area contributed by atoms with Crippen LogP contribution in [0.2, 0.25) is 0 Å². The van der Waals surface area contributed by atoms with Crippen LogP contribution in [-0.4, -0.2) is 34.3 Å². The Morgan fingerprint density at radius 3 is 2.39 bits per heavy atom. The molecule has 0 aromatic carbocycles. The average Bonchev–Trinajstić information content (AvgIpc) is 2.36. The van der Waals surface area contributed by atoms with E-state index in [2.05, 4.69) is 27.5 Å². The van der Waals surface area contributed by atoms with E-state index in [9.17, 15) is 5.11 Å². The molecule has 0 fully saturated rings. The van der Waals surface area contributed by atoms with Crippen molar-refractivity contribution in [3.8, 4) is 0 Å². The first-order valence-corrected chi connectivity index (χ1v) is 6.73. The molecule has 1 rings (SSSR count). The number of hydrogen-bond acceptors (Lipinski definition) is 5. The monoisotopic (exact) mass is 252 g/mol. The Kier molecular flexibility index (Phi) is 6.43. The number of aliphatic hydroxyl groups excluding tert-OH is 1. The highest BCUT2D eigenvalue weighted by Crippen LogP contribution is 2.12. The zero-order valence-electron chi connectivity index (χ0n) is 11.5. The van der Waals surface area contributed by atoms with Gasteiger partial charge in [0.05, 0.1) is 6.10 Å². The molecule has 1 unspecified atom stereocenters. The summed E-state index contributed by atoms with van der Waals surface area (Å²) in [4.78, 5) is 8.87. The molecule has 5 nitrogen and oxygen atoms in total. The van der Waals surface area contributed by atoms with Crippen LogP contribution in [0.5, 0.6) is 0 Å². The fourth-order valence-corrected chi connectivity index (χ4v) is 1.56. The number of anilines is 2. The minimum Gasteiger partial charge on any atom is -0.391 e. The minimum atomic E-state index is -0.336. The zero-order valence-corrected chi connectivity index (χ0v) is 11.5. The molecule has 0 aliphatic rings. The van der Waals surface area contributed by atoms with Gasteiger partial charge in [0.15, 0.2) is 0 Å². The Balaban J connectivity index is 2.75. The van der Waals surface area contributed by atoms with Crippen LogP contribution in [0.25, 0.3) is 0 Å². The van der Waals surface area contributed by atoms with Crippen molar-refractivity contribution in [3.05, 3.63) is 11.9 Å². The summed E-state index contributed by atoms with van der Waals surface area (Å²) >= 11 is 0. The van der Waals surface area contributed by atoms with Crippen LogP contribution in [0.15, 0.2) is 6.07 Å².